The molecular weight excluding hydrogens is 233 g/mol. The molecule has 0 saturated heterocycles. The highest BCUT2D eigenvalue weighted by Crippen LogP contribution is 2.10. The average molecular weight is 253 g/mol. The van der Waals surface area contributed by atoms with Gasteiger partial charge in [-0.25, -0.2) is 4.39 Å². The Hall–Kier alpha value is -1.62. The number of nitrogens with zero attached hydrogens (tertiary/aromatic N) is 2. The van der Waals surface area contributed by atoms with Gasteiger partial charge in [-0.15, -0.1) is 0 Å². The molecule has 4 nitrogen and oxygen atoms in total. The molecule has 0 amide bonds. The zero-order chi connectivity index (χ0) is 13.5. The maximum atomic E-state index is 12.8. The Bertz CT molecular complexity index is 390. The van der Waals surface area contributed by atoms with Crippen LogP contribution in [-0.2, 0) is 6.54 Å². The van der Waals surface area contributed by atoms with E-state index in [0.29, 0.717) is 19.0 Å². The van der Waals surface area contributed by atoms with Crippen molar-refractivity contribution in [1.29, 1.82) is 0 Å². The first-order chi connectivity index (χ1) is 8.52. The predicted molar refractivity (Wildman–Crippen MR) is 70.0 cm³/mol. The van der Waals surface area contributed by atoms with Crippen LogP contribution in [0.4, 0.5) is 4.39 Å². The van der Waals surface area contributed by atoms with Gasteiger partial charge in [0, 0.05) is 25.6 Å². The van der Waals surface area contributed by atoms with Crippen molar-refractivity contribution in [2.75, 3.05) is 6.54 Å². The number of hydrogen-bond acceptors (Lipinski definition) is 3. The van der Waals surface area contributed by atoms with Gasteiger partial charge in [0.2, 0.25) is 0 Å². The Balaban J connectivity index is 2.60. The smallest absolute Gasteiger partial charge is 0.140 e. The van der Waals surface area contributed by atoms with Gasteiger partial charge in [0.25, 0.3) is 0 Å². The summed E-state index contributed by atoms with van der Waals surface area (Å²) >= 11 is 0. The number of benzene rings is 1. The van der Waals surface area contributed by atoms with Crippen LogP contribution < -0.4 is 5.73 Å². The molecule has 0 aliphatic heterocycles. The summed E-state index contributed by atoms with van der Waals surface area (Å²) in [7, 11) is 0. The molecule has 0 radical (unpaired) electrons. The molecule has 0 heterocycles. The highest BCUT2D eigenvalue weighted by atomic mass is 19.1. The third kappa shape index (κ3) is 4.71. The van der Waals surface area contributed by atoms with Crippen LogP contribution in [-0.4, -0.2) is 28.5 Å². The predicted octanol–water partition coefficient (Wildman–Crippen LogP) is 2.17. The van der Waals surface area contributed by atoms with Crippen molar-refractivity contribution in [3.8, 4) is 0 Å². The summed E-state index contributed by atoms with van der Waals surface area (Å²) in [6.45, 7) is 5.58. The number of amidine groups is 1. The second-order valence-corrected chi connectivity index (χ2v) is 4.53. The van der Waals surface area contributed by atoms with Crippen molar-refractivity contribution in [3.63, 3.8) is 0 Å². The minimum Gasteiger partial charge on any atom is -0.409 e. The van der Waals surface area contributed by atoms with Gasteiger partial charge in [-0.3, -0.25) is 4.90 Å². The molecule has 0 spiro atoms. The first-order valence-electron chi connectivity index (χ1n) is 5.98. The van der Waals surface area contributed by atoms with Gasteiger partial charge < -0.3 is 10.9 Å². The molecule has 0 aliphatic rings. The second-order valence-electron chi connectivity index (χ2n) is 4.53. The van der Waals surface area contributed by atoms with E-state index >= 15 is 0 Å². The lowest BCUT2D eigenvalue weighted by atomic mass is 10.1. The highest BCUT2D eigenvalue weighted by Gasteiger charge is 2.10. The molecule has 0 unspecified atom stereocenters. The van der Waals surface area contributed by atoms with Crippen molar-refractivity contribution in [1.82, 2.24) is 4.90 Å². The van der Waals surface area contributed by atoms with E-state index in [4.69, 9.17) is 10.9 Å². The molecule has 0 aromatic heterocycles. The van der Waals surface area contributed by atoms with Crippen LogP contribution in [0, 0.1) is 5.82 Å². The van der Waals surface area contributed by atoms with Crippen LogP contribution in [0.5, 0.6) is 0 Å². The van der Waals surface area contributed by atoms with E-state index in [0.717, 1.165) is 12.1 Å². The molecule has 100 valence electrons. The van der Waals surface area contributed by atoms with E-state index in [2.05, 4.69) is 23.9 Å². The zero-order valence-corrected chi connectivity index (χ0v) is 10.8. The quantitative estimate of drug-likeness (QED) is 0.353. The summed E-state index contributed by atoms with van der Waals surface area (Å²) in [4.78, 5) is 2.19. The number of nitrogens with two attached hydrogens (primary N) is 1. The SMILES string of the molecule is CC(C)N(CC/C(N)=N/O)Cc1ccc(F)cc1. The largest absolute Gasteiger partial charge is 0.409 e. The lowest BCUT2D eigenvalue weighted by Crippen LogP contribution is -2.33. The van der Waals surface area contributed by atoms with Crippen molar-refractivity contribution >= 4 is 5.84 Å². The minimum absolute atomic E-state index is 0.222. The third-order valence-electron chi connectivity index (χ3n) is 2.81. The molecule has 1 aromatic carbocycles. The van der Waals surface area contributed by atoms with Crippen LogP contribution in [0.3, 0.4) is 0 Å². The zero-order valence-electron chi connectivity index (χ0n) is 10.8. The van der Waals surface area contributed by atoms with Gasteiger partial charge in [0.1, 0.15) is 11.7 Å². The van der Waals surface area contributed by atoms with Gasteiger partial charge >= 0.3 is 0 Å². The van der Waals surface area contributed by atoms with Gasteiger partial charge in [-0.1, -0.05) is 17.3 Å². The average Bonchev–Trinajstić information content (AvgIpc) is 2.35. The Morgan fingerprint density at radius 2 is 2.00 bits per heavy atom. The maximum Gasteiger partial charge on any atom is 0.140 e. The minimum atomic E-state index is -0.230. The monoisotopic (exact) mass is 253 g/mol. The summed E-state index contributed by atoms with van der Waals surface area (Å²) in [5.74, 6) is -0.00809. The normalized spacial score (nSPS) is 12.4. The summed E-state index contributed by atoms with van der Waals surface area (Å²) in [5.41, 5.74) is 6.50. The standard InChI is InChI=1S/C13H20FN3O/c1-10(2)17(8-7-13(15)16-18)9-11-3-5-12(14)6-4-11/h3-6,10,18H,7-9H2,1-2H3,(H2,15,16). The van der Waals surface area contributed by atoms with Gasteiger partial charge in [0.15, 0.2) is 0 Å². The lowest BCUT2D eigenvalue weighted by molar-refractivity contribution is 0.217. The van der Waals surface area contributed by atoms with Crippen LogP contribution >= 0.6 is 0 Å². The maximum absolute atomic E-state index is 12.8. The fraction of sp³-hybridized carbons (Fsp3) is 0.462. The highest BCUT2D eigenvalue weighted by molar-refractivity contribution is 5.79. The van der Waals surface area contributed by atoms with Crippen molar-refractivity contribution in [2.45, 2.75) is 32.9 Å². The van der Waals surface area contributed by atoms with E-state index < -0.39 is 0 Å². The molecule has 1 rings (SSSR count). The molecule has 0 atom stereocenters. The number of rotatable bonds is 6. The van der Waals surface area contributed by atoms with Gasteiger partial charge in [0.05, 0.1) is 0 Å². The fourth-order valence-electron chi connectivity index (χ4n) is 1.65. The Morgan fingerprint density at radius 1 is 1.39 bits per heavy atom. The summed E-state index contributed by atoms with van der Waals surface area (Å²) in [6, 6.07) is 6.79. The third-order valence-corrected chi connectivity index (χ3v) is 2.81. The van der Waals surface area contributed by atoms with E-state index in [1.807, 2.05) is 0 Å². The topological polar surface area (TPSA) is 61.8 Å². The van der Waals surface area contributed by atoms with E-state index in [-0.39, 0.29) is 11.7 Å². The fourth-order valence-corrected chi connectivity index (χ4v) is 1.65. The van der Waals surface area contributed by atoms with Crippen LogP contribution in [0.25, 0.3) is 0 Å². The molecule has 5 heteroatoms. The number of oxime groups is 1. The van der Waals surface area contributed by atoms with Gasteiger partial charge in [-0.2, -0.15) is 0 Å². The molecule has 0 aliphatic carbocycles. The van der Waals surface area contributed by atoms with Crippen LogP contribution in [0.2, 0.25) is 0 Å². The molecule has 0 saturated carbocycles. The number of hydrogen-bond donors (Lipinski definition) is 2. The molecule has 1 aromatic rings. The molecule has 3 N–H and O–H groups in total. The van der Waals surface area contributed by atoms with Crippen molar-refractivity contribution in [3.05, 3.63) is 35.6 Å². The molecule has 18 heavy (non-hydrogen) atoms. The Morgan fingerprint density at radius 3 is 2.50 bits per heavy atom. The second kappa shape index (κ2) is 6.96. The summed E-state index contributed by atoms with van der Waals surface area (Å²) < 4.78 is 12.8. The number of halogens is 1. The van der Waals surface area contributed by atoms with E-state index in [1.165, 1.54) is 12.1 Å². The van der Waals surface area contributed by atoms with Crippen molar-refractivity contribution < 1.29 is 9.60 Å². The first-order valence-corrected chi connectivity index (χ1v) is 5.98. The summed E-state index contributed by atoms with van der Waals surface area (Å²) in [6.07, 6.45) is 0.510. The molecular formula is C13H20FN3O. The summed E-state index contributed by atoms with van der Waals surface area (Å²) in [5, 5.41) is 11.5. The van der Waals surface area contributed by atoms with E-state index in [1.54, 1.807) is 12.1 Å². The Kier molecular flexibility index (Phi) is 5.58. The van der Waals surface area contributed by atoms with E-state index in [9.17, 15) is 4.39 Å². The molecule has 0 fully saturated rings. The van der Waals surface area contributed by atoms with Crippen molar-refractivity contribution in [2.24, 2.45) is 10.9 Å². The van der Waals surface area contributed by atoms with Crippen LogP contribution in [0.1, 0.15) is 25.8 Å². The van der Waals surface area contributed by atoms with Crippen LogP contribution in [0.15, 0.2) is 29.4 Å². The first kappa shape index (κ1) is 14.4. The lowest BCUT2D eigenvalue weighted by Gasteiger charge is -2.26. The Labute approximate surface area is 107 Å². The van der Waals surface area contributed by atoms with Gasteiger partial charge in [-0.05, 0) is 31.5 Å². The molecule has 0 bridgehead atoms.